The second-order valence-corrected chi connectivity index (χ2v) is 5.02. The maximum Gasteiger partial charge on any atom is 0.391 e. The van der Waals surface area contributed by atoms with E-state index in [0.717, 1.165) is 0 Å². The van der Waals surface area contributed by atoms with Gasteiger partial charge in [-0.1, -0.05) is 0 Å². The van der Waals surface area contributed by atoms with Gasteiger partial charge in [0.15, 0.2) is 0 Å². The van der Waals surface area contributed by atoms with Crippen LogP contribution >= 0.6 is 0 Å². The molecule has 2 N–H and O–H groups in total. The zero-order valence-electron chi connectivity index (χ0n) is 11.5. The molecule has 0 aromatic heterocycles. The molecule has 0 aliphatic rings. The number of hydrogen-bond acceptors (Lipinski definition) is 3. The fraction of sp³-hybridized carbons (Fsp3) is 0.917. The van der Waals surface area contributed by atoms with E-state index in [1.807, 2.05) is 13.8 Å². The summed E-state index contributed by atoms with van der Waals surface area (Å²) < 4.78 is 40.4. The number of alkyl halides is 3. The van der Waals surface area contributed by atoms with E-state index in [2.05, 4.69) is 5.32 Å². The lowest BCUT2D eigenvalue weighted by Crippen LogP contribution is -2.52. The van der Waals surface area contributed by atoms with Crippen molar-refractivity contribution in [1.82, 2.24) is 5.32 Å². The number of carboxylic acid groups (broad SMARTS) is 1. The highest BCUT2D eigenvalue weighted by Crippen LogP contribution is 2.19. The summed E-state index contributed by atoms with van der Waals surface area (Å²) in [5, 5.41) is 12.1. The first-order valence-electron chi connectivity index (χ1n) is 6.22. The molecule has 4 nitrogen and oxygen atoms in total. The molecule has 0 amide bonds. The molecule has 1 unspecified atom stereocenters. The average molecular weight is 285 g/mol. The number of nitrogens with one attached hydrogen (secondary N) is 1. The van der Waals surface area contributed by atoms with E-state index in [0.29, 0.717) is 12.8 Å². The van der Waals surface area contributed by atoms with Crippen molar-refractivity contribution < 1.29 is 27.8 Å². The van der Waals surface area contributed by atoms with Crippen LogP contribution in [0.25, 0.3) is 0 Å². The third kappa shape index (κ3) is 8.83. The van der Waals surface area contributed by atoms with E-state index in [1.54, 1.807) is 6.92 Å². The highest BCUT2D eigenvalue weighted by atomic mass is 19.4. The number of ether oxygens (including phenoxy) is 1. The Labute approximate surface area is 111 Å². The Bertz CT molecular complexity index is 282. The van der Waals surface area contributed by atoms with E-state index < -0.39 is 24.1 Å². The fourth-order valence-electron chi connectivity index (χ4n) is 1.70. The van der Waals surface area contributed by atoms with Crippen molar-refractivity contribution in [1.29, 1.82) is 0 Å². The minimum atomic E-state index is -4.21. The van der Waals surface area contributed by atoms with Crippen molar-refractivity contribution in [2.75, 3.05) is 13.2 Å². The highest BCUT2D eigenvalue weighted by molar-refractivity contribution is 5.78. The van der Waals surface area contributed by atoms with Crippen molar-refractivity contribution >= 4 is 5.97 Å². The lowest BCUT2D eigenvalue weighted by molar-refractivity contribution is -0.145. The minimum absolute atomic E-state index is 0.00671. The smallest absolute Gasteiger partial charge is 0.391 e. The lowest BCUT2D eigenvalue weighted by atomic mass is 9.95. The number of rotatable bonds is 9. The molecule has 0 saturated carbocycles. The van der Waals surface area contributed by atoms with E-state index in [9.17, 15) is 18.0 Å². The van der Waals surface area contributed by atoms with Crippen LogP contribution in [-0.2, 0) is 9.53 Å². The summed E-state index contributed by atoms with van der Waals surface area (Å²) in [5.41, 5.74) is -1.08. The quantitative estimate of drug-likeness (QED) is 0.639. The Morgan fingerprint density at radius 3 is 2.26 bits per heavy atom. The molecular weight excluding hydrogens is 263 g/mol. The van der Waals surface area contributed by atoms with Gasteiger partial charge in [-0.05, 0) is 33.6 Å². The molecule has 0 bridgehead atoms. The molecule has 0 fully saturated rings. The Kier molecular flexibility index (Phi) is 7.36. The second-order valence-electron chi connectivity index (χ2n) is 5.02. The Morgan fingerprint density at radius 1 is 1.26 bits per heavy atom. The molecule has 0 aromatic carbocycles. The summed E-state index contributed by atoms with van der Waals surface area (Å²) in [6, 6.07) is 0.00671. The van der Waals surface area contributed by atoms with Gasteiger partial charge in [0.2, 0.25) is 0 Å². The van der Waals surface area contributed by atoms with Crippen LogP contribution in [0.15, 0.2) is 0 Å². The van der Waals surface area contributed by atoms with Crippen LogP contribution in [0.2, 0.25) is 0 Å². The molecule has 114 valence electrons. The van der Waals surface area contributed by atoms with Crippen LogP contribution in [-0.4, -0.2) is 42.0 Å². The summed E-state index contributed by atoms with van der Waals surface area (Å²) in [7, 11) is 0. The molecule has 0 aliphatic heterocycles. The second kappa shape index (κ2) is 7.69. The van der Waals surface area contributed by atoms with Gasteiger partial charge < -0.3 is 9.84 Å². The Morgan fingerprint density at radius 2 is 1.84 bits per heavy atom. The lowest BCUT2D eigenvalue weighted by Gasteiger charge is -2.28. The van der Waals surface area contributed by atoms with Gasteiger partial charge in [0.25, 0.3) is 0 Å². The molecule has 7 heteroatoms. The standard InChI is InChI=1S/C12H22F3NO3/c1-9(2)16-11(3,10(17)18)5-4-7-19-8-6-12(13,14)15/h9,16H,4-8H2,1-3H3,(H,17,18). The third-order valence-electron chi connectivity index (χ3n) is 2.57. The topological polar surface area (TPSA) is 58.6 Å². The zero-order valence-corrected chi connectivity index (χ0v) is 11.5. The van der Waals surface area contributed by atoms with Crippen LogP contribution < -0.4 is 5.32 Å². The molecule has 0 saturated heterocycles. The van der Waals surface area contributed by atoms with Crippen molar-refractivity contribution in [2.45, 2.75) is 57.8 Å². The van der Waals surface area contributed by atoms with Crippen LogP contribution in [0.1, 0.15) is 40.0 Å². The summed E-state index contributed by atoms with van der Waals surface area (Å²) in [4.78, 5) is 11.2. The molecule has 19 heavy (non-hydrogen) atoms. The van der Waals surface area contributed by atoms with Gasteiger partial charge in [-0.15, -0.1) is 0 Å². The van der Waals surface area contributed by atoms with Gasteiger partial charge >= 0.3 is 12.1 Å². The van der Waals surface area contributed by atoms with Crippen LogP contribution in [0.5, 0.6) is 0 Å². The first kappa shape index (κ1) is 18.2. The van der Waals surface area contributed by atoms with Crippen LogP contribution in [0.3, 0.4) is 0 Å². The number of aliphatic carboxylic acids is 1. The van der Waals surface area contributed by atoms with E-state index >= 15 is 0 Å². The van der Waals surface area contributed by atoms with Gasteiger partial charge in [0.1, 0.15) is 5.54 Å². The molecule has 0 aromatic rings. The predicted molar refractivity (Wildman–Crippen MR) is 65.0 cm³/mol. The van der Waals surface area contributed by atoms with Crippen molar-refractivity contribution in [3.05, 3.63) is 0 Å². The molecule has 0 radical (unpaired) electrons. The zero-order chi connectivity index (χ0) is 15.1. The summed E-state index contributed by atoms with van der Waals surface area (Å²) >= 11 is 0. The minimum Gasteiger partial charge on any atom is -0.480 e. The van der Waals surface area contributed by atoms with Gasteiger partial charge in [0, 0.05) is 12.6 Å². The maximum atomic E-state index is 11.8. The third-order valence-corrected chi connectivity index (χ3v) is 2.57. The van der Waals surface area contributed by atoms with Crippen molar-refractivity contribution in [2.24, 2.45) is 0 Å². The predicted octanol–water partition coefficient (Wildman–Crippen LogP) is 2.58. The highest BCUT2D eigenvalue weighted by Gasteiger charge is 2.32. The van der Waals surface area contributed by atoms with E-state index in [-0.39, 0.29) is 19.3 Å². The van der Waals surface area contributed by atoms with E-state index in [4.69, 9.17) is 9.84 Å². The summed E-state index contributed by atoms with van der Waals surface area (Å²) in [6.45, 7) is 4.97. The molecular formula is C12H22F3NO3. The maximum absolute atomic E-state index is 11.8. The van der Waals surface area contributed by atoms with E-state index in [1.165, 1.54) is 0 Å². The molecule has 0 spiro atoms. The van der Waals surface area contributed by atoms with Crippen LogP contribution in [0, 0.1) is 0 Å². The largest absolute Gasteiger partial charge is 0.480 e. The van der Waals surface area contributed by atoms with Crippen LogP contribution in [0.4, 0.5) is 13.2 Å². The number of carbonyl (C=O) groups is 1. The Hall–Kier alpha value is -0.820. The SMILES string of the molecule is CC(C)NC(C)(CCCOCCC(F)(F)F)C(=O)O. The first-order chi connectivity index (χ1) is 8.57. The Balaban J connectivity index is 3.92. The van der Waals surface area contributed by atoms with Gasteiger partial charge in [-0.3, -0.25) is 10.1 Å². The normalized spacial score (nSPS) is 15.5. The molecule has 0 rings (SSSR count). The van der Waals surface area contributed by atoms with Gasteiger partial charge in [0.05, 0.1) is 13.0 Å². The van der Waals surface area contributed by atoms with Gasteiger partial charge in [-0.2, -0.15) is 13.2 Å². The molecule has 1 atom stereocenters. The number of halogens is 3. The average Bonchev–Trinajstić information content (AvgIpc) is 2.20. The van der Waals surface area contributed by atoms with Crippen molar-refractivity contribution in [3.63, 3.8) is 0 Å². The fourth-order valence-corrected chi connectivity index (χ4v) is 1.70. The van der Waals surface area contributed by atoms with Gasteiger partial charge in [-0.25, -0.2) is 0 Å². The summed E-state index contributed by atoms with van der Waals surface area (Å²) in [6.07, 6.45) is -4.50. The first-order valence-corrected chi connectivity index (χ1v) is 6.22. The number of hydrogen-bond donors (Lipinski definition) is 2. The molecule has 0 aliphatic carbocycles. The van der Waals surface area contributed by atoms with Crippen molar-refractivity contribution in [3.8, 4) is 0 Å². The monoisotopic (exact) mass is 285 g/mol. The number of carboxylic acids is 1. The summed E-state index contributed by atoms with van der Waals surface area (Å²) in [5.74, 6) is -0.975. The molecule has 0 heterocycles.